The van der Waals surface area contributed by atoms with Crippen molar-refractivity contribution in [1.29, 1.82) is 0 Å². The van der Waals surface area contributed by atoms with Gasteiger partial charge >= 0.3 is 5.97 Å². The van der Waals surface area contributed by atoms with Gasteiger partial charge in [0.25, 0.3) is 15.9 Å². The van der Waals surface area contributed by atoms with E-state index in [0.29, 0.717) is 24.2 Å². The number of likely N-dealkylation sites (tertiary alicyclic amines) is 1. The normalized spacial score (nSPS) is 13.9. The number of methoxy groups -OCH3 is 1. The van der Waals surface area contributed by atoms with Crippen molar-refractivity contribution < 1.29 is 22.7 Å². The van der Waals surface area contributed by atoms with Crippen LogP contribution >= 0.6 is 11.8 Å². The molecule has 0 saturated carbocycles. The van der Waals surface area contributed by atoms with Crippen LogP contribution in [0.25, 0.3) is 0 Å². The van der Waals surface area contributed by atoms with Gasteiger partial charge in [-0.25, -0.2) is 13.2 Å². The second-order valence-electron chi connectivity index (χ2n) is 6.99. The van der Waals surface area contributed by atoms with E-state index in [2.05, 4.69) is 4.72 Å². The average molecular weight is 449 g/mol. The average Bonchev–Trinajstić information content (AvgIpc) is 3.28. The predicted molar refractivity (Wildman–Crippen MR) is 117 cm³/mol. The lowest BCUT2D eigenvalue weighted by molar-refractivity contribution is 0.0600. The number of amides is 1. The van der Waals surface area contributed by atoms with Crippen LogP contribution in [0.15, 0.2) is 46.2 Å². The molecule has 9 heteroatoms. The molecular formula is C21H24N2O5S2. The van der Waals surface area contributed by atoms with Crippen molar-refractivity contribution in [3.05, 3.63) is 53.1 Å². The highest BCUT2D eigenvalue weighted by atomic mass is 32.2. The quantitative estimate of drug-likeness (QED) is 0.537. The summed E-state index contributed by atoms with van der Waals surface area (Å²) in [6, 6.07) is 9.20. The van der Waals surface area contributed by atoms with Crippen LogP contribution in [0.2, 0.25) is 0 Å². The van der Waals surface area contributed by atoms with Crippen molar-refractivity contribution in [1.82, 2.24) is 4.90 Å². The zero-order chi connectivity index (χ0) is 21.9. The number of ether oxygens (including phenoxy) is 1. The third-order valence-corrected chi connectivity index (χ3v) is 7.17. The number of aryl methyl sites for hydroxylation is 1. The van der Waals surface area contributed by atoms with Crippen molar-refractivity contribution in [3.63, 3.8) is 0 Å². The second kappa shape index (κ2) is 9.09. The predicted octanol–water partition coefficient (Wildman–Crippen LogP) is 3.54. The van der Waals surface area contributed by atoms with E-state index in [1.165, 1.54) is 37.1 Å². The maximum atomic E-state index is 13.0. The van der Waals surface area contributed by atoms with Gasteiger partial charge in [-0.1, -0.05) is 6.07 Å². The molecule has 0 bridgehead atoms. The fourth-order valence-electron chi connectivity index (χ4n) is 3.29. The smallest absolute Gasteiger partial charge is 0.337 e. The van der Waals surface area contributed by atoms with Gasteiger partial charge in [0.05, 0.1) is 28.8 Å². The first-order valence-corrected chi connectivity index (χ1v) is 12.2. The molecule has 2 aromatic carbocycles. The van der Waals surface area contributed by atoms with Crippen molar-refractivity contribution in [2.45, 2.75) is 29.6 Å². The first-order chi connectivity index (χ1) is 14.3. The molecule has 1 N–H and O–H groups in total. The van der Waals surface area contributed by atoms with E-state index in [0.717, 1.165) is 17.7 Å². The Bertz CT molecular complexity index is 1080. The fourth-order valence-corrected chi connectivity index (χ4v) is 5.01. The Kier molecular flexibility index (Phi) is 6.72. The van der Waals surface area contributed by atoms with Gasteiger partial charge in [-0.15, -0.1) is 11.8 Å². The Morgan fingerprint density at radius 3 is 2.43 bits per heavy atom. The molecule has 1 aliphatic heterocycles. The largest absolute Gasteiger partial charge is 0.465 e. The van der Waals surface area contributed by atoms with Gasteiger partial charge in [0.1, 0.15) is 0 Å². The number of carbonyl (C=O) groups excluding carboxylic acids is 2. The Labute approximate surface area is 180 Å². The van der Waals surface area contributed by atoms with E-state index in [4.69, 9.17) is 4.74 Å². The highest BCUT2D eigenvalue weighted by Gasteiger charge is 2.25. The summed E-state index contributed by atoms with van der Waals surface area (Å²) in [6.07, 6.45) is 3.76. The molecule has 1 saturated heterocycles. The van der Waals surface area contributed by atoms with E-state index in [9.17, 15) is 18.0 Å². The zero-order valence-electron chi connectivity index (χ0n) is 17.1. The van der Waals surface area contributed by atoms with Gasteiger partial charge in [-0.05, 0) is 61.9 Å². The number of sulfonamides is 1. The molecule has 0 aromatic heterocycles. The molecule has 0 spiro atoms. The first kappa shape index (κ1) is 22.2. The molecule has 1 amide bonds. The summed E-state index contributed by atoms with van der Waals surface area (Å²) in [5.74, 6) is -0.712. The Hall–Kier alpha value is -2.52. The van der Waals surface area contributed by atoms with E-state index in [1.807, 2.05) is 6.26 Å². The molecule has 1 heterocycles. The standard InChI is InChI=1S/C21H24N2O5S2/c1-14-6-7-15(21(25)28-2)12-18(14)22-30(26,27)16-8-9-19(29-3)17(13-16)20(24)23-10-4-5-11-23/h6-9,12-13,22H,4-5,10-11H2,1-3H3. The molecule has 30 heavy (non-hydrogen) atoms. The van der Waals surface area contributed by atoms with Crippen LogP contribution in [0, 0.1) is 6.92 Å². The van der Waals surface area contributed by atoms with Gasteiger partial charge in [-0.3, -0.25) is 9.52 Å². The van der Waals surface area contributed by atoms with Crippen LogP contribution in [0.3, 0.4) is 0 Å². The summed E-state index contributed by atoms with van der Waals surface area (Å²) < 4.78 is 33.3. The minimum absolute atomic E-state index is 0.00859. The molecule has 7 nitrogen and oxygen atoms in total. The lowest BCUT2D eigenvalue weighted by Crippen LogP contribution is -2.28. The topological polar surface area (TPSA) is 92.8 Å². The summed E-state index contributed by atoms with van der Waals surface area (Å²) in [5, 5.41) is 0. The number of rotatable bonds is 6. The summed E-state index contributed by atoms with van der Waals surface area (Å²) in [5.41, 5.74) is 1.55. The molecule has 1 fully saturated rings. The van der Waals surface area contributed by atoms with Gasteiger partial charge < -0.3 is 9.64 Å². The fraction of sp³-hybridized carbons (Fsp3) is 0.333. The SMILES string of the molecule is COC(=O)c1ccc(C)c(NS(=O)(=O)c2ccc(SC)c(C(=O)N3CCCC3)c2)c1. The number of nitrogens with zero attached hydrogens (tertiary/aromatic N) is 1. The molecule has 0 aliphatic carbocycles. The summed E-state index contributed by atoms with van der Waals surface area (Å²) in [7, 11) is -2.71. The van der Waals surface area contributed by atoms with Crippen molar-refractivity contribution in [3.8, 4) is 0 Å². The summed E-state index contributed by atoms with van der Waals surface area (Å²) >= 11 is 1.40. The molecule has 160 valence electrons. The zero-order valence-corrected chi connectivity index (χ0v) is 18.7. The van der Waals surface area contributed by atoms with Gasteiger partial charge in [-0.2, -0.15) is 0 Å². The van der Waals surface area contributed by atoms with Crippen LogP contribution in [-0.2, 0) is 14.8 Å². The number of hydrogen-bond donors (Lipinski definition) is 1. The Morgan fingerprint density at radius 1 is 1.10 bits per heavy atom. The van der Waals surface area contributed by atoms with Crippen LogP contribution in [0.4, 0.5) is 5.69 Å². The van der Waals surface area contributed by atoms with Crippen LogP contribution in [0.1, 0.15) is 39.1 Å². The van der Waals surface area contributed by atoms with Gasteiger partial charge in [0, 0.05) is 18.0 Å². The highest BCUT2D eigenvalue weighted by Crippen LogP contribution is 2.28. The number of hydrogen-bond acceptors (Lipinski definition) is 6. The molecule has 0 unspecified atom stereocenters. The van der Waals surface area contributed by atoms with Gasteiger partial charge in [0.2, 0.25) is 0 Å². The van der Waals surface area contributed by atoms with Crippen molar-refractivity contribution in [2.75, 3.05) is 31.2 Å². The lowest BCUT2D eigenvalue weighted by atomic mass is 10.1. The highest BCUT2D eigenvalue weighted by molar-refractivity contribution is 7.98. The number of esters is 1. The van der Waals surface area contributed by atoms with Gasteiger partial charge in [0.15, 0.2) is 0 Å². The molecule has 1 aliphatic rings. The maximum absolute atomic E-state index is 13.0. The molecular weight excluding hydrogens is 424 g/mol. The van der Waals surface area contributed by atoms with Crippen molar-refractivity contribution in [2.24, 2.45) is 0 Å². The molecule has 3 rings (SSSR count). The van der Waals surface area contributed by atoms with E-state index < -0.39 is 16.0 Å². The minimum Gasteiger partial charge on any atom is -0.465 e. The minimum atomic E-state index is -3.97. The molecule has 0 atom stereocenters. The van der Waals surface area contributed by atoms with Crippen LogP contribution in [0.5, 0.6) is 0 Å². The summed E-state index contributed by atoms with van der Waals surface area (Å²) in [4.78, 5) is 27.2. The lowest BCUT2D eigenvalue weighted by Gasteiger charge is -2.18. The van der Waals surface area contributed by atoms with E-state index >= 15 is 0 Å². The number of benzene rings is 2. The number of thioether (sulfide) groups is 1. The van der Waals surface area contributed by atoms with Crippen LogP contribution < -0.4 is 4.72 Å². The number of nitrogens with one attached hydrogen (secondary N) is 1. The number of carbonyl (C=O) groups is 2. The molecule has 2 aromatic rings. The first-order valence-electron chi connectivity index (χ1n) is 9.46. The second-order valence-corrected chi connectivity index (χ2v) is 9.52. The van der Waals surface area contributed by atoms with Crippen LogP contribution in [-0.4, -0.2) is 51.6 Å². The third kappa shape index (κ3) is 4.62. The van der Waals surface area contributed by atoms with Crippen molar-refractivity contribution >= 4 is 39.3 Å². The Morgan fingerprint density at radius 2 is 1.80 bits per heavy atom. The maximum Gasteiger partial charge on any atom is 0.337 e. The van der Waals surface area contributed by atoms with E-state index in [-0.39, 0.29) is 22.1 Å². The Balaban J connectivity index is 1.96. The summed E-state index contributed by atoms with van der Waals surface area (Å²) in [6.45, 7) is 3.10. The van der Waals surface area contributed by atoms with E-state index in [1.54, 1.807) is 30.0 Å². The third-order valence-electron chi connectivity index (χ3n) is 5.01. The number of anilines is 1. The molecule has 0 radical (unpaired) electrons. The monoisotopic (exact) mass is 448 g/mol.